The summed E-state index contributed by atoms with van der Waals surface area (Å²) in [4.78, 5) is 0. The summed E-state index contributed by atoms with van der Waals surface area (Å²) in [5.41, 5.74) is 1.04. The minimum absolute atomic E-state index is 0.0774. The van der Waals surface area contributed by atoms with E-state index in [0.717, 1.165) is 16.3 Å². The van der Waals surface area contributed by atoms with Gasteiger partial charge in [-0.2, -0.15) is 0 Å². The Labute approximate surface area is 89.5 Å². The van der Waals surface area contributed by atoms with E-state index in [1.807, 2.05) is 42.5 Å². The molecule has 0 aliphatic heterocycles. The number of hydrogen-bond donors (Lipinski definition) is 0. The fraction of sp³-hybridized carbons (Fsp3) is 0.167. The molecule has 78 valence electrons. The predicted octanol–water partition coefficient (Wildman–Crippen LogP) is 3.54. The standard InChI is InChI=1S/C12H12F2Si/c13-15(14)9-8-11-6-3-5-10-4-1-2-7-12(10)11/h1-7,15H,8-9H2. The van der Waals surface area contributed by atoms with Gasteiger partial charge in [-0.25, -0.2) is 0 Å². The lowest BCUT2D eigenvalue weighted by Crippen LogP contribution is -1.98. The van der Waals surface area contributed by atoms with E-state index in [-0.39, 0.29) is 6.04 Å². The van der Waals surface area contributed by atoms with E-state index in [1.165, 1.54) is 0 Å². The fourth-order valence-electron chi connectivity index (χ4n) is 1.78. The predicted molar refractivity (Wildman–Crippen MR) is 61.8 cm³/mol. The molecule has 0 saturated carbocycles. The molecule has 0 spiro atoms. The third-order valence-electron chi connectivity index (χ3n) is 2.51. The van der Waals surface area contributed by atoms with Crippen LogP contribution in [0.1, 0.15) is 5.56 Å². The maximum atomic E-state index is 12.3. The summed E-state index contributed by atoms with van der Waals surface area (Å²) in [5.74, 6) is 0. The minimum Gasteiger partial charge on any atom is -0.275 e. The first-order chi connectivity index (χ1) is 7.27. The molecule has 3 heteroatoms. The zero-order chi connectivity index (χ0) is 10.7. The third-order valence-corrected chi connectivity index (χ3v) is 3.24. The van der Waals surface area contributed by atoms with Crippen molar-refractivity contribution in [1.29, 1.82) is 0 Å². The van der Waals surface area contributed by atoms with Crippen LogP contribution >= 0.6 is 0 Å². The van der Waals surface area contributed by atoms with Gasteiger partial charge in [-0.1, -0.05) is 42.5 Å². The number of halogens is 2. The molecule has 0 atom stereocenters. The van der Waals surface area contributed by atoms with Gasteiger partial charge < -0.3 is 0 Å². The number of rotatable bonds is 3. The van der Waals surface area contributed by atoms with Crippen molar-refractivity contribution in [1.82, 2.24) is 0 Å². The van der Waals surface area contributed by atoms with Crippen molar-refractivity contribution in [3.8, 4) is 0 Å². The van der Waals surface area contributed by atoms with Gasteiger partial charge >= 0.3 is 9.46 Å². The first kappa shape index (κ1) is 10.3. The average molecular weight is 222 g/mol. The van der Waals surface area contributed by atoms with Crippen LogP contribution in [0.3, 0.4) is 0 Å². The Bertz CT molecular complexity index is 449. The van der Waals surface area contributed by atoms with Crippen LogP contribution in [-0.2, 0) is 6.42 Å². The van der Waals surface area contributed by atoms with E-state index in [1.54, 1.807) is 0 Å². The molecule has 0 aliphatic carbocycles. The highest BCUT2D eigenvalue weighted by molar-refractivity contribution is 6.42. The zero-order valence-corrected chi connectivity index (χ0v) is 9.44. The lowest BCUT2D eigenvalue weighted by atomic mass is 10.0. The average Bonchev–Trinajstić information content (AvgIpc) is 2.26. The van der Waals surface area contributed by atoms with Gasteiger partial charge in [0.2, 0.25) is 0 Å². The Kier molecular flexibility index (Phi) is 3.11. The Morgan fingerprint density at radius 2 is 1.67 bits per heavy atom. The van der Waals surface area contributed by atoms with Crippen molar-refractivity contribution in [2.24, 2.45) is 0 Å². The molecule has 0 unspecified atom stereocenters. The molecule has 0 aliphatic rings. The Hall–Kier alpha value is -1.22. The molecule has 0 aromatic heterocycles. The summed E-state index contributed by atoms with van der Waals surface area (Å²) in [6.45, 7) is 0. The van der Waals surface area contributed by atoms with Crippen molar-refractivity contribution in [3.05, 3.63) is 48.0 Å². The molecule has 0 bridgehead atoms. The Balaban J connectivity index is 2.34. The summed E-state index contributed by atoms with van der Waals surface area (Å²) in [5, 5.41) is 2.24. The Morgan fingerprint density at radius 3 is 2.47 bits per heavy atom. The van der Waals surface area contributed by atoms with Gasteiger partial charge in [0.15, 0.2) is 0 Å². The molecule has 0 radical (unpaired) electrons. The summed E-state index contributed by atoms with van der Waals surface area (Å²) in [6.07, 6.45) is 0.505. The van der Waals surface area contributed by atoms with Crippen LogP contribution in [0.4, 0.5) is 8.22 Å². The highest BCUT2D eigenvalue weighted by atomic mass is 28.4. The molecule has 0 fully saturated rings. The molecular formula is C12H12F2Si. The second kappa shape index (κ2) is 4.53. The highest BCUT2D eigenvalue weighted by Gasteiger charge is 2.08. The summed E-state index contributed by atoms with van der Waals surface area (Å²) < 4.78 is 24.5. The summed E-state index contributed by atoms with van der Waals surface area (Å²) in [6, 6.07) is 13.9. The zero-order valence-electron chi connectivity index (χ0n) is 8.29. The van der Waals surface area contributed by atoms with Gasteiger partial charge in [0.25, 0.3) is 0 Å². The van der Waals surface area contributed by atoms with Crippen molar-refractivity contribution in [2.45, 2.75) is 12.5 Å². The molecule has 15 heavy (non-hydrogen) atoms. The van der Waals surface area contributed by atoms with Crippen molar-refractivity contribution < 1.29 is 8.22 Å². The first-order valence-electron chi connectivity index (χ1n) is 5.02. The van der Waals surface area contributed by atoms with E-state index < -0.39 is 9.46 Å². The van der Waals surface area contributed by atoms with Crippen LogP contribution in [-0.4, -0.2) is 9.46 Å². The van der Waals surface area contributed by atoms with Crippen LogP contribution < -0.4 is 0 Å². The van der Waals surface area contributed by atoms with Crippen molar-refractivity contribution in [2.75, 3.05) is 0 Å². The number of benzene rings is 2. The van der Waals surface area contributed by atoms with Gasteiger partial charge in [-0.05, 0) is 28.8 Å². The van der Waals surface area contributed by atoms with Crippen molar-refractivity contribution in [3.63, 3.8) is 0 Å². The van der Waals surface area contributed by atoms with E-state index >= 15 is 0 Å². The van der Waals surface area contributed by atoms with Gasteiger partial charge in [0.05, 0.1) is 0 Å². The van der Waals surface area contributed by atoms with Crippen LogP contribution in [0.15, 0.2) is 42.5 Å². The topological polar surface area (TPSA) is 0 Å². The van der Waals surface area contributed by atoms with E-state index in [0.29, 0.717) is 6.42 Å². The lowest BCUT2D eigenvalue weighted by Gasteiger charge is -2.05. The van der Waals surface area contributed by atoms with Crippen LogP contribution in [0.25, 0.3) is 10.8 Å². The normalized spacial score (nSPS) is 11.1. The smallest absolute Gasteiger partial charge is 0.275 e. The molecule has 0 heterocycles. The van der Waals surface area contributed by atoms with Crippen LogP contribution in [0.5, 0.6) is 0 Å². The molecule has 2 rings (SSSR count). The largest absolute Gasteiger partial charge is 0.411 e. The van der Waals surface area contributed by atoms with Gasteiger partial charge in [0, 0.05) is 0 Å². The summed E-state index contributed by atoms with van der Waals surface area (Å²) >= 11 is 0. The quantitative estimate of drug-likeness (QED) is 0.550. The molecular weight excluding hydrogens is 210 g/mol. The first-order valence-corrected chi connectivity index (χ1v) is 6.71. The second-order valence-electron chi connectivity index (χ2n) is 3.57. The van der Waals surface area contributed by atoms with E-state index in [9.17, 15) is 8.22 Å². The maximum absolute atomic E-state index is 12.3. The molecule has 0 N–H and O–H groups in total. The van der Waals surface area contributed by atoms with Gasteiger partial charge in [-0.15, -0.1) is 0 Å². The molecule has 0 amide bonds. The van der Waals surface area contributed by atoms with E-state index in [2.05, 4.69) is 0 Å². The number of hydrogen-bond acceptors (Lipinski definition) is 0. The fourth-order valence-corrected chi connectivity index (χ4v) is 2.30. The highest BCUT2D eigenvalue weighted by Crippen LogP contribution is 2.20. The number of fused-ring (bicyclic) bond motifs is 1. The SMILES string of the molecule is F[SiH](F)CCc1cccc2ccccc12. The Morgan fingerprint density at radius 1 is 0.933 bits per heavy atom. The lowest BCUT2D eigenvalue weighted by molar-refractivity contribution is 0.650. The third kappa shape index (κ3) is 2.42. The van der Waals surface area contributed by atoms with E-state index in [4.69, 9.17) is 0 Å². The molecule has 0 saturated heterocycles. The molecule has 0 nitrogen and oxygen atoms in total. The monoisotopic (exact) mass is 222 g/mol. The van der Waals surface area contributed by atoms with Crippen LogP contribution in [0, 0.1) is 0 Å². The molecule has 2 aromatic carbocycles. The maximum Gasteiger partial charge on any atom is 0.411 e. The second-order valence-corrected chi connectivity index (χ2v) is 4.93. The summed E-state index contributed by atoms with van der Waals surface area (Å²) in [7, 11) is -3.42. The number of aryl methyl sites for hydroxylation is 1. The minimum atomic E-state index is -3.42. The van der Waals surface area contributed by atoms with Crippen molar-refractivity contribution >= 4 is 20.2 Å². The van der Waals surface area contributed by atoms with Gasteiger partial charge in [0.1, 0.15) is 0 Å². The molecule has 2 aromatic rings. The van der Waals surface area contributed by atoms with Crippen LogP contribution in [0.2, 0.25) is 6.04 Å². The van der Waals surface area contributed by atoms with Gasteiger partial charge in [-0.3, -0.25) is 8.22 Å².